The standard InChI is InChI=1S/C11H17N3O3/c1-6-8(15)7(2)13-9(12-6)14-10(16)17-11(3,4)5/h15H,1-5H3,(H,12,13,14,16). The van der Waals surface area contributed by atoms with E-state index in [9.17, 15) is 9.90 Å². The van der Waals surface area contributed by atoms with Crippen molar-refractivity contribution in [3.05, 3.63) is 11.4 Å². The first-order valence-corrected chi connectivity index (χ1v) is 5.23. The number of carbonyl (C=O) groups excluding carboxylic acids is 1. The maximum absolute atomic E-state index is 11.5. The monoisotopic (exact) mass is 239 g/mol. The van der Waals surface area contributed by atoms with E-state index in [1.807, 2.05) is 0 Å². The summed E-state index contributed by atoms with van der Waals surface area (Å²) in [5.74, 6) is 0.145. The highest BCUT2D eigenvalue weighted by Crippen LogP contribution is 2.19. The largest absolute Gasteiger partial charge is 0.504 e. The summed E-state index contributed by atoms with van der Waals surface area (Å²) in [6.45, 7) is 8.55. The zero-order chi connectivity index (χ0) is 13.2. The molecule has 0 spiro atoms. The topological polar surface area (TPSA) is 84.3 Å². The van der Waals surface area contributed by atoms with Crippen LogP contribution in [0.5, 0.6) is 5.75 Å². The number of amides is 1. The number of ether oxygens (including phenoxy) is 1. The van der Waals surface area contributed by atoms with Gasteiger partial charge in [0.25, 0.3) is 0 Å². The third kappa shape index (κ3) is 3.90. The van der Waals surface area contributed by atoms with E-state index in [1.54, 1.807) is 34.6 Å². The van der Waals surface area contributed by atoms with Gasteiger partial charge < -0.3 is 9.84 Å². The lowest BCUT2D eigenvalue weighted by molar-refractivity contribution is 0.0634. The molecule has 0 radical (unpaired) electrons. The Hall–Kier alpha value is -1.85. The summed E-state index contributed by atoms with van der Waals surface area (Å²) >= 11 is 0. The van der Waals surface area contributed by atoms with Crippen LogP contribution in [0.4, 0.5) is 10.7 Å². The highest BCUT2D eigenvalue weighted by Gasteiger charge is 2.17. The minimum atomic E-state index is -0.623. The molecule has 0 aliphatic carbocycles. The van der Waals surface area contributed by atoms with E-state index >= 15 is 0 Å². The number of hydrogen-bond acceptors (Lipinski definition) is 5. The van der Waals surface area contributed by atoms with Crippen LogP contribution in [-0.4, -0.2) is 26.8 Å². The molecule has 94 valence electrons. The van der Waals surface area contributed by atoms with Crippen LogP contribution in [0, 0.1) is 13.8 Å². The van der Waals surface area contributed by atoms with Gasteiger partial charge in [-0.15, -0.1) is 0 Å². The molecule has 0 saturated carbocycles. The molecule has 1 rings (SSSR count). The van der Waals surface area contributed by atoms with Crippen LogP contribution in [0.3, 0.4) is 0 Å². The van der Waals surface area contributed by atoms with Crippen molar-refractivity contribution in [3.8, 4) is 5.75 Å². The fourth-order valence-corrected chi connectivity index (χ4v) is 1.16. The van der Waals surface area contributed by atoms with Gasteiger partial charge in [-0.1, -0.05) is 0 Å². The second kappa shape index (κ2) is 4.57. The predicted octanol–water partition coefficient (Wildman–Crippen LogP) is 2.15. The number of nitrogens with one attached hydrogen (secondary N) is 1. The van der Waals surface area contributed by atoms with Gasteiger partial charge in [-0.2, -0.15) is 0 Å². The van der Waals surface area contributed by atoms with Gasteiger partial charge in [0.15, 0.2) is 5.75 Å². The average Bonchev–Trinajstić information content (AvgIpc) is 2.10. The molecule has 6 heteroatoms. The first kappa shape index (κ1) is 13.2. The number of aromatic hydroxyl groups is 1. The lowest BCUT2D eigenvalue weighted by Gasteiger charge is -2.19. The second-order valence-electron chi connectivity index (χ2n) is 4.69. The zero-order valence-electron chi connectivity index (χ0n) is 10.7. The van der Waals surface area contributed by atoms with Gasteiger partial charge in [0.1, 0.15) is 5.60 Å². The van der Waals surface area contributed by atoms with Gasteiger partial charge >= 0.3 is 6.09 Å². The highest BCUT2D eigenvalue weighted by molar-refractivity contribution is 5.82. The van der Waals surface area contributed by atoms with Crippen LogP contribution in [0.1, 0.15) is 32.2 Å². The second-order valence-corrected chi connectivity index (χ2v) is 4.69. The van der Waals surface area contributed by atoms with E-state index < -0.39 is 11.7 Å². The van der Waals surface area contributed by atoms with E-state index in [0.717, 1.165) is 0 Å². The van der Waals surface area contributed by atoms with Crippen molar-refractivity contribution in [3.63, 3.8) is 0 Å². The van der Waals surface area contributed by atoms with Crippen molar-refractivity contribution >= 4 is 12.0 Å². The minimum Gasteiger partial charge on any atom is -0.504 e. The maximum Gasteiger partial charge on any atom is 0.414 e. The van der Waals surface area contributed by atoms with Gasteiger partial charge in [0, 0.05) is 0 Å². The third-order valence-corrected chi connectivity index (χ3v) is 1.85. The van der Waals surface area contributed by atoms with Crippen molar-refractivity contribution < 1.29 is 14.6 Å². The molecule has 0 atom stereocenters. The van der Waals surface area contributed by atoms with Gasteiger partial charge in [0.05, 0.1) is 11.4 Å². The lowest BCUT2D eigenvalue weighted by atomic mass is 10.2. The number of carbonyl (C=O) groups is 1. The Labute approximate surface area is 100 Å². The number of nitrogens with zero attached hydrogens (tertiary/aromatic N) is 2. The molecular weight excluding hydrogens is 222 g/mol. The van der Waals surface area contributed by atoms with Gasteiger partial charge in [-0.05, 0) is 34.6 Å². The molecule has 0 aliphatic rings. The van der Waals surface area contributed by atoms with Crippen molar-refractivity contribution in [1.29, 1.82) is 0 Å². The molecule has 17 heavy (non-hydrogen) atoms. The van der Waals surface area contributed by atoms with Crippen molar-refractivity contribution in [2.75, 3.05) is 5.32 Å². The van der Waals surface area contributed by atoms with E-state index in [4.69, 9.17) is 4.74 Å². The molecule has 1 aromatic rings. The van der Waals surface area contributed by atoms with Crippen LogP contribution in [0.2, 0.25) is 0 Å². The molecule has 2 N–H and O–H groups in total. The van der Waals surface area contributed by atoms with Crippen molar-refractivity contribution in [2.24, 2.45) is 0 Å². The van der Waals surface area contributed by atoms with E-state index in [-0.39, 0.29) is 11.7 Å². The zero-order valence-corrected chi connectivity index (χ0v) is 10.7. The quantitative estimate of drug-likeness (QED) is 0.784. The number of aromatic nitrogens is 2. The SMILES string of the molecule is Cc1nc(NC(=O)OC(C)(C)C)nc(C)c1O. The summed E-state index contributed by atoms with van der Waals surface area (Å²) in [6, 6.07) is 0. The molecule has 1 aromatic heterocycles. The molecule has 0 unspecified atom stereocenters. The summed E-state index contributed by atoms with van der Waals surface area (Å²) in [4.78, 5) is 19.3. The number of rotatable bonds is 1. The number of aryl methyl sites for hydroxylation is 2. The summed E-state index contributed by atoms with van der Waals surface area (Å²) in [5.41, 5.74) is 0.234. The average molecular weight is 239 g/mol. The summed E-state index contributed by atoms with van der Waals surface area (Å²) in [7, 11) is 0. The molecule has 0 fully saturated rings. The summed E-state index contributed by atoms with van der Waals surface area (Å²) in [5, 5.41) is 11.9. The fraction of sp³-hybridized carbons (Fsp3) is 0.545. The van der Waals surface area contributed by atoms with E-state index in [0.29, 0.717) is 11.4 Å². The first-order chi connectivity index (χ1) is 7.69. The van der Waals surface area contributed by atoms with Crippen molar-refractivity contribution in [1.82, 2.24) is 9.97 Å². The fourth-order valence-electron chi connectivity index (χ4n) is 1.16. The van der Waals surface area contributed by atoms with Crippen LogP contribution in [0.25, 0.3) is 0 Å². The molecule has 0 bridgehead atoms. The Morgan fingerprint density at radius 3 is 2.12 bits per heavy atom. The maximum atomic E-state index is 11.5. The molecule has 1 amide bonds. The Bertz CT molecular complexity index is 415. The minimum absolute atomic E-state index is 0.0275. The predicted molar refractivity (Wildman–Crippen MR) is 63.0 cm³/mol. The molecule has 0 saturated heterocycles. The molecule has 6 nitrogen and oxygen atoms in total. The van der Waals surface area contributed by atoms with Crippen LogP contribution >= 0.6 is 0 Å². The molecule has 0 aromatic carbocycles. The normalized spacial score (nSPS) is 11.1. The Kier molecular flexibility index (Phi) is 3.55. The van der Waals surface area contributed by atoms with Crippen molar-refractivity contribution in [2.45, 2.75) is 40.2 Å². The van der Waals surface area contributed by atoms with E-state index in [1.165, 1.54) is 0 Å². The molecular formula is C11H17N3O3. The number of anilines is 1. The van der Waals surface area contributed by atoms with Crippen LogP contribution < -0.4 is 5.32 Å². The lowest BCUT2D eigenvalue weighted by Crippen LogP contribution is -2.28. The van der Waals surface area contributed by atoms with Crippen LogP contribution in [0.15, 0.2) is 0 Å². The number of hydrogen-bond donors (Lipinski definition) is 2. The molecule has 0 aliphatic heterocycles. The van der Waals surface area contributed by atoms with Gasteiger partial charge in [0.2, 0.25) is 5.95 Å². The Morgan fingerprint density at radius 1 is 1.24 bits per heavy atom. The highest BCUT2D eigenvalue weighted by atomic mass is 16.6. The van der Waals surface area contributed by atoms with Gasteiger partial charge in [-0.3, -0.25) is 5.32 Å². The Balaban J connectivity index is 2.79. The summed E-state index contributed by atoms with van der Waals surface area (Å²) < 4.78 is 5.06. The molecule has 1 heterocycles. The van der Waals surface area contributed by atoms with E-state index in [2.05, 4.69) is 15.3 Å². The van der Waals surface area contributed by atoms with Gasteiger partial charge in [-0.25, -0.2) is 14.8 Å². The third-order valence-electron chi connectivity index (χ3n) is 1.85. The first-order valence-electron chi connectivity index (χ1n) is 5.23. The summed E-state index contributed by atoms with van der Waals surface area (Å²) in [6.07, 6.45) is -0.623. The smallest absolute Gasteiger partial charge is 0.414 e. The Morgan fingerprint density at radius 2 is 1.71 bits per heavy atom. The van der Waals surface area contributed by atoms with Crippen LogP contribution in [-0.2, 0) is 4.74 Å².